The number of nitrogens with one attached hydrogen (secondary N) is 1. The monoisotopic (exact) mass is 377 g/mol. The van der Waals surface area contributed by atoms with Gasteiger partial charge in [0.15, 0.2) is 0 Å². The average molecular weight is 378 g/mol. The van der Waals surface area contributed by atoms with Crippen LogP contribution < -0.4 is 5.32 Å². The third-order valence-corrected chi connectivity index (χ3v) is 6.11. The lowest BCUT2D eigenvalue weighted by molar-refractivity contribution is -0.131. The van der Waals surface area contributed by atoms with Crippen LogP contribution in [0.25, 0.3) is 0 Å². The first-order chi connectivity index (χ1) is 13.7. The molecule has 1 aliphatic heterocycles. The number of hydrogen-bond acceptors (Lipinski definition) is 3. The number of carbonyl (C=O) groups excluding carboxylic acids is 1. The summed E-state index contributed by atoms with van der Waals surface area (Å²) in [5.41, 5.74) is 4.18. The Kier molecular flexibility index (Phi) is 6.08. The molecule has 0 radical (unpaired) electrons. The van der Waals surface area contributed by atoms with Crippen LogP contribution in [0.3, 0.4) is 0 Å². The SMILES string of the molecule is CN1CCN(C(=O)CN[C@@H]2C[C@H]2c2ccc(CCc3ccccc3)cc2)CC1. The number of piperazine rings is 1. The van der Waals surface area contributed by atoms with Crippen LogP contribution in [0.15, 0.2) is 54.6 Å². The van der Waals surface area contributed by atoms with Crippen LogP contribution in [0, 0.1) is 0 Å². The third-order valence-electron chi connectivity index (χ3n) is 6.11. The van der Waals surface area contributed by atoms with E-state index in [1.807, 2.05) is 4.90 Å². The molecular weight excluding hydrogens is 346 g/mol. The molecule has 0 unspecified atom stereocenters. The molecule has 1 N–H and O–H groups in total. The zero-order valence-electron chi connectivity index (χ0n) is 16.8. The van der Waals surface area contributed by atoms with Gasteiger partial charge < -0.3 is 15.1 Å². The van der Waals surface area contributed by atoms with Gasteiger partial charge in [0, 0.05) is 38.1 Å². The first-order valence-corrected chi connectivity index (χ1v) is 10.5. The fraction of sp³-hybridized carbons (Fsp3) is 0.458. The van der Waals surface area contributed by atoms with Crippen LogP contribution >= 0.6 is 0 Å². The maximum absolute atomic E-state index is 12.4. The topological polar surface area (TPSA) is 35.6 Å². The van der Waals surface area contributed by atoms with E-state index in [9.17, 15) is 4.79 Å². The van der Waals surface area contributed by atoms with Crippen molar-refractivity contribution in [1.82, 2.24) is 15.1 Å². The lowest BCUT2D eigenvalue weighted by Crippen LogP contribution is -2.49. The Bertz CT molecular complexity index is 766. The molecule has 4 heteroatoms. The molecule has 2 aromatic carbocycles. The van der Waals surface area contributed by atoms with E-state index in [1.54, 1.807) is 0 Å². The van der Waals surface area contributed by atoms with Gasteiger partial charge in [0.2, 0.25) is 5.91 Å². The average Bonchev–Trinajstić information content (AvgIpc) is 3.52. The largest absolute Gasteiger partial charge is 0.339 e. The molecule has 1 saturated carbocycles. The summed E-state index contributed by atoms with van der Waals surface area (Å²) in [5.74, 6) is 0.804. The Hall–Kier alpha value is -2.17. The van der Waals surface area contributed by atoms with Gasteiger partial charge in [-0.1, -0.05) is 54.6 Å². The molecule has 2 fully saturated rings. The van der Waals surface area contributed by atoms with Crippen LogP contribution in [0.2, 0.25) is 0 Å². The predicted octanol–water partition coefficient (Wildman–Crippen LogP) is 2.69. The molecule has 1 aliphatic carbocycles. The molecule has 0 aromatic heterocycles. The molecule has 4 nitrogen and oxygen atoms in total. The highest BCUT2D eigenvalue weighted by atomic mass is 16.2. The van der Waals surface area contributed by atoms with Crippen molar-refractivity contribution in [2.75, 3.05) is 39.8 Å². The summed E-state index contributed by atoms with van der Waals surface area (Å²) >= 11 is 0. The molecule has 148 valence electrons. The first-order valence-electron chi connectivity index (χ1n) is 10.5. The molecule has 2 aliphatic rings. The third kappa shape index (κ3) is 5.00. The number of amides is 1. The summed E-state index contributed by atoms with van der Waals surface area (Å²) in [4.78, 5) is 16.6. The summed E-state index contributed by atoms with van der Waals surface area (Å²) in [5, 5.41) is 3.47. The highest BCUT2D eigenvalue weighted by Crippen LogP contribution is 2.40. The van der Waals surface area contributed by atoms with Crippen molar-refractivity contribution < 1.29 is 4.79 Å². The molecule has 4 rings (SSSR count). The van der Waals surface area contributed by atoms with Crippen LogP contribution in [0.5, 0.6) is 0 Å². The summed E-state index contributed by atoms with van der Waals surface area (Å²) in [7, 11) is 2.11. The normalized spacial score (nSPS) is 22.2. The van der Waals surface area contributed by atoms with Gasteiger partial charge in [0.1, 0.15) is 0 Å². The van der Waals surface area contributed by atoms with E-state index in [0.717, 1.165) is 45.4 Å². The van der Waals surface area contributed by atoms with E-state index >= 15 is 0 Å². The molecule has 0 spiro atoms. The molecule has 2 aromatic rings. The summed E-state index contributed by atoms with van der Waals surface area (Å²) in [6.07, 6.45) is 3.30. The lowest BCUT2D eigenvalue weighted by Gasteiger charge is -2.32. The molecule has 0 bridgehead atoms. The van der Waals surface area contributed by atoms with Gasteiger partial charge >= 0.3 is 0 Å². The van der Waals surface area contributed by atoms with Crippen molar-refractivity contribution in [2.45, 2.75) is 31.2 Å². The summed E-state index contributed by atoms with van der Waals surface area (Å²) in [6, 6.07) is 20.2. The fourth-order valence-electron chi connectivity index (χ4n) is 4.04. The second-order valence-corrected chi connectivity index (χ2v) is 8.24. The molecule has 1 amide bonds. The Morgan fingerprint density at radius 1 is 0.929 bits per heavy atom. The lowest BCUT2D eigenvalue weighted by atomic mass is 10.0. The number of benzene rings is 2. The van der Waals surface area contributed by atoms with Crippen molar-refractivity contribution in [3.05, 3.63) is 71.3 Å². The number of rotatable bonds is 7. The minimum absolute atomic E-state index is 0.245. The van der Waals surface area contributed by atoms with E-state index in [0.29, 0.717) is 18.5 Å². The standard InChI is InChI=1S/C24H31N3O/c1-26-13-15-27(16-14-26)24(28)18-25-23-17-22(23)21-11-9-20(10-12-21)8-7-19-5-3-2-4-6-19/h2-6,9-12,22-23,25H,7-8,13-18H2,1H3/t22-,23+/m0/s1. The van der Waals surface area contributed by atoms with E-state index in [1.165, 1.54) is 16.7 Å². The maximum Gasteiger partial charge on any atom is 0.236 e. The Morgan fingerprint density at radius 2 is 1.57 bits per heavy atom. The quantitative estimate of drug-likeness (QED) is 0.806. The Balaban J connectivity index is 1.20. The number of likely N-dealkylation sites (N-methyl/N-ethyl adjacent to an activating group) is 1. The number of carbonyl (C=O) groups is 1. The van der Waals surface area contributed by atoms with Gasteiger partial charge in [-0.2, -0.15) is 0 Å². The second-order valence-electron chi connectivity index (χ2n) is 8.24. The fourth-order valence-corrected chi connectivity index (χ4v) is 4.04. The number of nitrogens with zero attached hydrogens (tertiary/aromatic N) is 2. The zero-order chi connectivity index (χ0) is 19.3. The van der Waals surface area contributed by atoms with Crippen LogP contribution in [-0.2, 0) is 17.6 Å². The van der Waals surface area contributed by atoms with E-state index in [4.69, 9.17) is 0 Å². The van der Waals surface area contributed by atoms with Crippen molar-refractivity contribution in [3.63, 3.8) is 0 Å². The molecule has 28 heavy (non-hydrogen) atoms. The van der Waals surface area contributed by atoms with Gasteiger partial charge in [-0.25, -0.2) is 0 Å². The molecule has 1 saturated heterocycles. The summed E-state index contributed by atoms with van der Waals surface area (Å²) < 4.78 is 0. The summed E-state index contributed by atoms with van der Waals surface area (Å²) in [6.45, 7) is 4.15. The highest BCUT2D eigenvalue weighted by molar-refractivity contribution is 5.78. The molecule has 1 heterocycles. The van der Waals surface area contributed by atoms with E-state index in [-0.39, 0.29) is 5.91 Å². The zero-order valence-corrected chi connectivity index (χ0v) is 16.8. The highest BCUT2D eigenvalue weighted by Gasteiger charge is 2.38. The second kappa shape index (κ2) is 8.89. The maximum atomic E-state index is 12.4. The Labute approximate surface area is 168 Å². The van der Waals surface area contributed by atoms with Crippen LogP contribution in [0.1, 0.15) is 29.0 Å². The molecular formula is C24H31N3O. The minimum atomic E-state index is 0.245. The van der Waals surface area contributed by atoms with Crippen molar-refractivity contribution in [1.29, 1.82) is 0 Å². The number of hydrogen-bond donors (Lipinski definition) is 1. The van der Waals surface area contributed by atoms with E-state index < -0.39 is 0 Å². The van der Waals surface area contributed by atoms with Gasteiger partial charge in [0.05, 0.1) is 6.54 Å². The van der Waals surface area contributed by atoms with Crippen LogP contribution in [0.4, 0.5) is 0 Å². The van der Waals surface area contributed by atoms with Crippen molar-refractivity contribution in [2.24, 2.45) is 0 Å². The van der Waals surface area contributed by atoms with E-state index in [2.05, 4.69) is 71.9 Å². The van der Waals surface area contributed by atoms with Crippen LogP contribution in [-0.4, -0.2) is 61.5 Å². The van der Waals surface area contributed by atoms with Gasteiger partial charge in [-0.15, -0.1) is 0 Å². The van der Waals surface area contributed by atoms with Gasteiger partial charge in [-0.05, 0) is 43.0 Å². The van der Waals surface area contributed by atoms with Crippen molar-refractivity contribution in [3.8, 4) is 0 Å². The smallest absolute Gasteiger partial charge is 0.236 e. The van der Waals surface area contributed by atoms with Gasteiger partial charge in [0.25, 0.3) is 0 Å². The minimum Gasteiger partial charge on any atom is -0.339 e. The first kappa shape index (κ1) is 19.2. The molecule has 2 atom stereocenters. The predicted molar refractivity (Wildman–Crippen MR) is 114 cm³/mol. The van der Waals surface area contributed by atoms with Gasteiger partial charge in [-0.3, -0.25) is 4.79 Å². The Morgan fingerprint density at radius 3 is 2.25 bits per heavy atom. The number of aryl methyl sites for hydroxylation is 2. The van der Waals surface area contributed by atoms with Crippen molar-refractivity contribution >= 4 is 5.91 Å².